The van der Waals surface area contributed by atoms with Gasteiger partial charge in [0, 0.05) is 13.7 Å². The first-order valence-corrected chi connectivity index (χ1v) is 4.90. The van der Waals surface area contributed by atoms with E-state index in [2.05, 4.69) is 0 Å². The SMILES string of the molecule is COCC(CN)=C(C(=O)O)c1ccccc1. The highest BCUT2D eigenvalue weighted by atomic mass is 16.5. The minimum Gasteiger partial charge on any atom is -0.478 e. The second-order valence-corrected chi connectivity index (χ2v) is 3.29. The molecule has 0 saturated heterocycles. The smallest absolute Gasteiger partial charge is 0.336 e. The van der Waals surface area contributed by atoms with Crippen LogP contribution < -0.4 is 5.73 Å². The maximum Gasteiger partial charge on any atom is 0.336 e. The third-order valence-electron chi connectivity index (χ3n) is 2.19. The van der Waals surface area contributed by atoms with Crippen molar-refractivity contribution in [2.24, 2.45) is 5.73 Å². The fourth-order valence-corrected chi connectivity index (χ4v) is 1.49. The highest BCUT2D eigenvalue weighted by molar-refractivity contribution is 6.16. The maximum absolute atomic E-state index is 11.2. The van der Waals surface area contributed by atoms with Crippen molar-refractivity contribution in [1.29, 1.82) is 0 Å². The summed E-state index contributed by atoms with van der Waals surface area (Å²) in [7, 11) is 1.51. The average molecular weight is 221 g/mol. The number of aliphatic carboxylic acids is 1. The second-order valence-electron chi connectivity index (χ2n) is 3.29. The molecule has 0 heterocycles. The summed E-state index contributed by atoms with van der Waals surface area (Å²) in [6.45, 7) is 0.400. The Bertz CT molecular complexity index is 385. The first-order chi connectivity index (χ1) is 7.70. The minimum absolute atomic E-state index is 0.171. The number of benzene rings is 1. The van der Waals surface area contributed by atoms with Gasteiger partial charge in [-0.05, 0) is 11.1 Å². The molecule has 0 aliphatic carbocycles. The Morgan fingerprint density at radius 1 is 1.38 bits per heavy atom. The first kappa shape index (κ1) is 12.4. The highest BCUT2D eigenvalue weighted by Gasteiger charge is 2.15. The molecule has 3 N–H and O–H groups in total. The van der Waals surface area contributed by atoms with Gasteiger partial charge in [0.15, 0.2) is 0 Å². The molecule has 0 fully saturated rings. The largest absolute Gasteiger partial charge is 0.478 e. The molecule has 1 aromatic rings. The number of hydrogen-bond acceptors (Lipinski definition) is 3. The molecule has 1 aromatic carbocycles. The van der Waals surface area contributed by atoms with Crippen LogP contribution in [0.5, 0.6) is 0 Å². The predicted octanol–water partition coefficient (Wildman–Crippen LogP) is 1.13. The molecule has 16 heavy (non-hydrogen) atoms. The Morgan fingerprint density at radius 2 is 2.00 bits per heavy atom. The lowest BCUT2D eigenvalue weighted by Crippen LogP contribution is -2.15. The van der Waals surface area contributed by atoms with Crippen molar-refractivity contribution in [3.8, 4) is 0 Å². The number of ether oxygens (including phenoxy) is 1. The molecule has 0 radical (unpaired) electrons. The van der Waals surface area contributed by atoms with Crippen molar-refractivity contribution in [3.63, 3.8) is 0 Å². The van der Waals surface area contributed by atoms with Gasteiger partial charge in [0.25, 0.3) is 0 Å². The summed E-state index contributed by atoms with van der Waals surface area (Å²) in [5.41, 5.74) is 6.99. The van der Waals surface area contributed by atoms with Crippen LogP contribution >= 0.6 is 0 Å². The van der Waals surface area contributed by atoms with Gasteiger partial charge in [-0.3, -0.25) is 0 Å². The van der Waals surface area contributed by atoms with E-state index in [9.17, 15) is 9.90 Å². The molecule has 4 nitrogen and oxygen atoms in total. The van der Waals surface area contributed by atoms with Crippen LogP contribution in [0.25, 0.3) is 5.57 Å². The number of rotatable bonds is 5. The third-order valence-corrected chi connectivity index (χ3v) is 2.19. The van der Waals surface area contributed by atoms with Crippen molar-refractivity contribution in [1.82, 2.24) is 0 Å². The topological polar surface area (TPSA) is 72.5 Å². The summed E-state index contributed by atoms with van der Waals surface area (Å²) in [5.74, 6) is -0.983. The maximum atomic E-state index is 11.2. The zero-order chi connectivity index (χ0) is 12.0. The van der Waals surface area contributed by atoms with Gasteiger partial charge in [0.05, 0.1) is 12.2 Å². The molecule has 0 aliphatic heterocycles. The van der Waals surface area contributed by atoms with Crippen molar-refractivity contribution >= 4 is 11.5 Å². The van der Waals surface area contributed by atoms with Crippen molar-refractivity contribution in [2.75, 3.05) is 20.3 Å². The van der Waals surface area contributed by atoms with Gasteiger partial charge >= 0.3 is 5.97 Å². The average Bonchev–Trinajstić information content (AvgIpc) is 2.29. The Morgan fingerprint density at radius 3 is 2.44 bits per heavy atom. The monoisotopic (exact) mass is 221 g/mol. The molecule has 0 amide bonds. The molecule has 0 aliphatic rings. The lowest BCUT2D eigenvalue weighted by molar-refractivity contribution is -0.130. The minimum atomic E-state index is -0.983. The van der Waals surface area contributed by atoms with Gasteiger partial charge in [-0.15, -0.1) is 0 Å². The van der Waals surface area contributed by atoms with Crippen LogP contribution in [0.15, 0.2) is 35.9 Å². The molecule has 86 valence electrons. The van der Waals surface area contributed by atoms with Crippen LogP contribution in [0, 0.1) is 0 Å². The van der Waals surface area contributed by atoms with E-state index in [1.807, 2.05) is 6.07 Å². The molecular weight excluding hydrogens is 206 g/mol. The number of nitrogens with two attached hydrogens (primary N) is 1. The zero-order valence-corrected chi connectivity index (χ0v) is 9.14. The van der Waals surface area contributed by atoms with Crippen LogP contribution in [-0.2, 0) is 9.53 Å². The Kier molecular flexibility index (Phi) is 4.69. The summed E-state index contributed by atoms with van der Waals surface area (Å²) in [6, 6.07) is 8.91. The van der Waals surface area contributed by atoms with Gasteiger partial charge in [-0.25, -0.2) is 4.79 Å². The van der Waals surface area contributed by atoms with Crippen LogP contribution in [0.4, 0.5) is 0 Å². The molecule has 0 bridgehead atoms. The molecule has 0 saturated carbocycles. The van der Waals surface area contributed by atoms with Crippen LogP contribution in [0.3, 0.4) is 0 Å². The second kappa shape index (κ2) is 6.05. The standard InChI is InChI=1S/C12H15NO3/c1-16-8-10(7-13)11(12(14)15)9-5-3-2-4-6-9/h2-6H,7-8,13H2,1H3,(H,14,15). The number of carboxylic acids is 1. The Labute approximate surface area is 94.3 Å². The van der Waals surface area contributed by atoms with E-state index >= 15 is 0 Å². The molecule has 0 atom stereocenters. The summed E-state index contributed by atoms with van der Waals surface area (Å²) in [6.07, 6.45) is 0. The van der Waals surface area contributed by atoms with E-state index < -0.39 is 5.97 Å². The van der Waals surface area contributed by atoms with E-state index in [-0.39, 0.29) is 18.7 Å². The summed E-state index contributed by atoms with van der Waals surface area (Å²) in [4.78, 5) is 11.2. The van der Waals surface area contributed by atoms with Gasteiger partial charge in [-0.1, -0.05) is 30.3 Å². The van der Waals surface area contributed by atoms with Gasteiger partial charge < -0.3 is 15.6 Å². The summed E-state index contributed by atoms with van der Waals surface area (Å²) in [5, 5.41) is 9.19. The Balaban J connectivity index is 3.22. The summed E-state index contributed by atoms with van der Waals surface area (Å²) >= 11 is 0. The number of carboxylic acid groups (broad SMARTS) is 1. The van der Waals surface area contributed by atoms with Gasteiger partial charge in [0.2, 0.25) is 0 Å². The van der Waals surface area contributed by atoms with Gasteiger partial charge in [-0.2, -0.15) is 0 Å². The molecule has 0 unspecified atom stereocenters. The van der Waals surface area contributed by atoms with E-state index in [4.69, 9.17) is 10.5 Å². The van der Waals surface area contributed by atoms with Crippen LogP contribution in [0.1, 0.15) is 5.56 Å². The zero-order valence-electron chi connectivity index (χ0n) is 9.14. The normalized spacial score (nSPS) is 12.1. The highest BCUT2D eigenvalue weighted by Crippen LogP contribution is 2.18. The molecular formula is C12H15NO3. The van der Waals surface area contributed by atoms with Crippen molar-refractivity contribution < 1.29 is 14.6 Å². The van der Waals surface area contributed by atoms with E-state index in [1.165, 1.54) is 7.11 Å². The molecule has 0 spiro atoms. The van der Waals surface area contributed by atoms with E-state index in [0.29, 0.717) is 11.1 Å². The fourth-order valence-electron chi connectivity index (χ4n) is 1.49. The molecule has 1 rings (SSSR count). The van der Waals surface area contributed by atoms with E-state index in [1.54, 1.807) is 24.3 Å². The van der Waals surface area contributed by atoms with Crippen molar-refractivity contribution in [3.05, 3.63) is 41.5 Å². The quantitative estimate of drug-likeness (QED) is 0.731. The number of hydrogen-bond donors (Lipinski definition) is 2. The first-order valence-electron chi connectivity index (χ1n) is 4.90. The lowest BCUT2D eigenvalue weighted by Gasteiger charge is -2.10. The Hall–Kier alpha value is -1.65. The van der Waals surface area contributed by atoms with Crippen molar-refractivity contribution in [2.45, 2.75) is 0 Å². The summed E-state index contributed by atoms with van der Waals surface area (Å²) < 4.78 is 4.95. The van der Waals surface area contributed by atoms with Crippen LogP contribution in [-0.4, -0.2) is 31.3 Å². The molecule has 0 aromatic heterocycles. The third kappa shape index (κ3) is 2.92. The predicted molar refractivity (Wildman–Crippen MR) is 61.9 cm³/mol. The molecule has 4 heteroatoms. The fraction of sp³-hybridized carbons (Fsp3) is 0.250. The van der Waals surface area contributed by atoms with Crippen LogP contribution in [0.2, 0.25) is 0 Å². The van der Waals surface area contributed by atoms with Gasteiger partial charge in [0.1, 0.15) is 0 Å². The number of methoxy groups -OCH3 is 1. The lowest BCUT2D eigenvalue weighted by atomic mass is 10.0. The van der Waals surface area contributed by atoms with E-state index in [0.717, 1.165) is 0 Å². The number of carbonyl (C=O) groups is 1.